The molecule has 0 radical (unpaired) electrons. The van der Waals surface area contributed by atoms with Gasteiger partial charge in [-0.05, 0) is 38.5 Å². The van der Waals surface area contributed by atoms with Gasteiger partial charge in [-0.25, -0.2) is 4.52 Å². The third-order valence-electron chi connectivity index (χ3n) is 2.33. The molecule has 2 heteroatoms. The molecule has 0 bridgehead atoms. The minimum absolute atomic E-state index is 1.12. The fraction of sp³-hybridized carbons (Fsp3) is 0.300. The normalized spacial score (nSPS) is 10.9. The molecule has 0 aliphatic carbocycles. The molecule has 62 valence electrons. The maximum absolute atomic E-state index is 4.43. The minimum Gasteiger partial charge on any atom is -0.238 e. The summed E-state index contributed by atoms with van der Waals surface area (Å²) >= 11 is 0. The number of hydrogen-bond acceptors (Lipinski definition) is 1. The van der Waals surface area contributed by atoms with Gasteiger partial charge in [0.25, 0.3) is 0 Å². The molecule has 0 aromatic carbocycles. The summed E-state index contributed by atoms with van der Waals surface area (Å²) in [6.45, 7) is 6.22. The second kappa shape index (κ2) is 2.34. The average Bonchev–Trinajstić information content (AvgIpc) is 2.32. The van der Waals surface area contributed by atoms with Crippen molar-refractivity contribution in [3.63, 3.8) is 0 Å². The predicted molar refractivity (Wildman–Crippen MR) is 49.4 cm³/mol. The van der Waals surface area contributed by atoms with Gasteiger partial charge in [0.05, 0.1) is 11.2 Å². The van der Waals surface area contributed by atoms with E-state index in [0.717, 1.165) is 5.69 Å². The lowest BCUT2D eigenvalue weighted by Gasteiger charge is -1.96. The van der Waals surface area contributed by atoms with Crippen LogP contribution >= 0.6 is 0 Å². The summed E-state index contributed by atoms with van der Waals surface area (Å²) in [5.41, 5.74) is 4.79. The summed E-state index contributed by atoms with van der Waals surface area (Å²) in [5.74, 6) is 0. The average molecular weight is 160 g/mol. The molecule has 0 N–H and O–H groups in total. The Balaban J connectivity index is 2.95. The summed E-state index contributed by atoms with van der Waals surface area (Å²) in [5, 5.41) is 4.43. The highest BCUT2D eigenvalue weighted by molar-refractivity contribution is 5.56. The summed E-state index contributed by atoms with van der Waals surface area (Å²) < 4.78 is 1.99. The quantitative estimate of drug-likeness (QED) is 0.577. The molecule has 0 atom stereocenters. The number of nitrogens with zero attached hydrogens (tertiary/aromatic N) is 2. The van der Waals surface area contributed by atoms with Gasteiger partial charge in [0.2, 0.25) is 0 Å². The van der Waals surface area contributed by atoms with Crippen molar-refractivity contribution in [3.05, 3.63) is 35.2 Å². The van der Waals surface area contributed by atoms with Gasteiger partial charge in [0.15, 0.2) is 0 Å². The first-order chi connectivity index (χ1) is 5.70. The van der Waals surface area contributed by atoms with E-state index < -0.39 is 0 Å². The van der Waals surface area contributed by atoms with E-state index in [1.54, 1.807) is 0 Å². The van der Waals surface area contributed by atoms with Crippen LogP contribution in [0.1, 0.15) is 17.0 Å². The van der Waals surface area contributed by atoms with Crippen molar-refractivity contribution in [1.29, 1.82) is 0 Å². The highest BCUT2D eigenvalue weighted by atomic mass is 15.2. The van der Waals surface area contributed by atoms with E-state index in [-0.39, 0.29) is 0 Å². The van der Waals surface area contributed by atoms with Crippen molar-refractivity contribution in [2.45, 2.75) is 20.8 Å². The third-order valence-corrected chi connectivity index (χ3v) is 2.33. The van der Waals surface area contributed by atoms with Gasteiger partial charge in [0.1, 0.15) is 0 Å². The maximum Gasteiger partial charge on any atom is 0.0696 e. The van der Waals surface area contributed by atoms with Crippen LogP contribution in [-0.4, -0.2) is 9.61 Å². The molecule has 0 spiro atoms. The van der Waals surface area contributed by atoms with Gasteiger partial charge < -0.3 is 0 Å². The summed E-state index contributed by atoms with van der Waals surface area (Å²) in [4.78, 5) is 0. The van der Waals surface area contributed by atoms with Crippen molar-refractivity contribution in [2.24, 2.45) is 0 Å². The van der Waals surface area contributed by atoms with Crippen LogP contribution in [0.4, 0.5) is 0 Å². The molecule has 2 aromatic heterocycles. The Morgan fingerprint density at radius 3 is 2.58 bits per heavy atom. The minimum atomic E-state index is 1.12. The number of rotatable bonds is 0. The Bertz CT molecular complexity index is 427. The summed E-state index contributed by atoms with van der Waals surface area (Å²) in [6.07, 6.45) is 0. The van der Waals surface area contributed by atoms with Crippen LogP contribution in [0.5, 0.6) is 0 Å². The largest absolute Gasteiger partial charge is 0.238 e. The molecule has 2 aromatic rings. The van der Waals surface area contributed by atoms with E-state index >= 15 is 0 Å². The molecule has 0 unspecified atom stereocenters. The molecule has 0 fully saturated rings. The van der Waals surface area contributed by atoms with E-state index in [1.165, 1.54) is 16.8 Å². The van der Waals surface area contributed by atoms with Crippen LogP contribution in [-0.2, 0) is 0 Å². The number of aromatic nitrogens is 2. The molecular formula is C10H12N2. The molecule has 0 aliphatic rings. The predicted octanol–water partition coefficient (Wildman–Crippen LogP) is 2.26. The standard InChI is InChI=1S/C10H12N2/c1-7-5-4-6-10-8(2)9(3)11-12(7)10/h4-6H,1-3H3. The van der Waals surface area contributed by atoms with E-state index in [4.69, 9.17) is 0 Å². The molecule has 12 heavy (non-hydrogen) atoms. The number of pyridine rings is 1. The van der Waals surface area contributed by atoms with Gasteiger partial charge >= 0.3 is 0 Å². The second-order valence-corrected chi connectivity index (χ2v) is 3.17. The Hall–Kier alpha value is -1.31. The second-order valence-electron chi connectivity index (χ2n) is 3.17. The highest BCUT2D eigenvalue weighted by Gasteiger charge is 2.04. The molecule has 0 amide bonds. The van der Waals surface area contributed by atoms with Crippen molar-refractivity contribution in [2.75, 3.05) is 0 Å². The lowest BCUT2D eigenvalue weighted by Crippen LogP contribution is -1.91. The highest BCUT2D eigenvalue weighted by Crippen LogP contribution is 2.14. The number of aryl methyl sites for hydroxylation is 3. The molecular weight excluding hydrogens is 148 g/mol. The van der Waals surface area contributed by atoms with Gasteiger partial charge in [-0.2, -0.15) is 5.10 Å². The van der Waals surface area contributed by atoms with E-state index in [1.807, 2.05) is 11.4 Å². The molecule has 2 rings (SSSR count). The fourth-order valence-corrected chi connectivity index (χ4v) is 1.44. The van der Waals surface area contributed by atoms with Gasteiger partial charge in [-0.3, -0.25) is 0 Å². The number of hydrogen-bond donors (Lipinski definition) is 0. The van der Waals surface area contributed by atoms with Crippen LogP contribution in [0.15, 0.2) is 18.2 Å². The van der Waals surface area contributed by atoms with Crippen molar-refractivity contribution < 1.29 is 0 Å². The van der Waals surface area contributed by atoms with Crippen LogP contribution in [0, 0.1) is 20.8 Å². The van der Waals surface area contributed by atoms with Crippen molar-refractivity contribution in [1.82, 2.24) is 9.61 Å². The third kappa shape index (κ3) is 0.843. The molecule has 2 heterocycles. The molecule has 0 aliphatic heterocycles. The number of fused-ring (bicyclic) bond motifs is 1. The van der Waals surface area contributed by atoms with Gasteiger partial charge in [-0.15, -0.1) is 0 Å². The Labute approximate surface area is 71.8 Å². The lowest BCUT2D eigenvalue weighted by atomic mass is 10.2. The maximum atomic E-state index is 4.43. The summed E-state index contributed by atoms with van der Waals surface area (Å²) in [6, 6.07) is 6.24. The Kier molecular flexibility index (Phi) is 1.43. The first-order valence-corrected chi connectivity index (χ1v) is 4.11. The molecule has 0 saturated heterocycles. The summed E-state index contributed by atoms with van der Waals surface area (Å²) in [7, 11) is 0. The molecule has 0 saturated carbocycles. The monoisotopic (exact) mass is 160 g/mol. The first-order valence-electron chi connectivity index (χ1n) is 4.11. The lowest BCUT2D eigenvalue weighted by molar-refractivity contribution is 0.893. The van der Waals surface area contributed by atoms with Crippen LogP contribution < -0.4 is 0 Å². The Morgan fingerprint density at radius 2 is 1.92 bits per heavy atom. The van der Waals surface area contributed by atoms with Crippen LogP contribution in [0.2, 0.25) is 0 Å². The SMILES string of the molecule is Cc1nn2c(C)cccc2c1C. The van der Waals surface area contributed by atoms with Crippen LogP contribution in [0.25, 0.3) is 5.52 Å². The first kappa shape index (κ1) is 7.35. The zero-order valence-corrected chi connectivity index (χ0v) is 7.63. The van der Waals surface area contributed by atoms with Crippen molar-refractivity contribution >= 4 is 5.52 Å². The zero-order chi connectivity index (χ0) is 8.72. The molecule has 2 nitrogen and oxygen atoms in total. The van der Waals surface area contributed by atoms with Crippen molar-refractivity contribution in [3.8, 4) is 0 Å². The zero-order valence-electron chi connectivity index (χ0n) is 7.63. The smallest absolute Gasteiger partial charge is 0.0696 e. The fourth-order valence-electron chi connectivity index (χ4n) is 1.44. The Morgan fingerprint density at radius 1 is 1.17 bits per heavy atom. The van der Waals surface area contributed by atoms with Gasteiger partial charge in [-0.1, -0.05) is 6.07 Å². The van der Waals surface area contributed by atoms with Gasteiger partial charge in [0, 0.05) is 5.69 Å². The van der Waals surface area contributed by atoms with E-state index in [9.17, 15) is 0 Å². The van der Waals surface area contributed by atoms with E-state index in [2.05, 4.69) is 37.1 Å². The topological polar surface area (TPSA) is 17.3 Å². The van der Waals surface area contributed by atoms with Crippen LogP contribution in [0.3, 0.4) is 0 Å². The van der Waals surface area contributed by atoms with E-state index in [0.29, 0.717) is 0 Å².